The monoisotopic (exact) mass is 208 g/mol. The molecule has 1 aromatic carbocycles. The van der Waals surface area contributed by atoms with Gasteiger partial charge in [-0.25, -0.2) is 0 Å². The number of primary amides is 1. The van der Waals surface area contributed by atoms with Crippen LogP contribution in [-0.4, -0.2) is 17.6 Å². The van der Waals surface area contributed by atoms with E-state index in [1.807, 2.05) is 0 Å². The Balaban J connectivity index is 2.41. The third kappa shape index (κ3) is 1.58. The average Bonchev–Trinajstić information content (AvgIpc) is 2.16. The van der Waals surface area contributed by atoms with Crippen molar-refractivity contribution in [2.45, 2.75) is 4.90 Å². The van der Waals surface area contributed by atoms with Gasteiger partial charge >= 0.3 is 0 Å². The fraction of sp³-hybridized carbons (Fsp3) is 0.111. The summed E-state index contributed by atoms with van der Waals surface area (Å²) in [7, 11) is 0. The third-order valence-electron chi connectivity index (χ3n) is 1.91. The highest BCUT2D eigenvalue weighted by molar-refractivity contribution is 8.14. The van der Waals surface area contributed by atoms with E-state index in [1.165, 1.54) is 11.8 Å². The fourth-order valence-electron chi connectivity index (χ4n) is 1.24. The Morgan fingerprint density at radius 1 is 1.50 bits per heavy atom. The van der Waals surface area contributed by atoms with Crippen LogP contribution in [0.4, 0.5) is 5.69 Å². The summed E-state index contributed by atoms with van der Waals surface area (Å²) in [5.74, 6) is -0.462. The molecule has 0 radical (unpaired) electrons. The van der Waals surface area contributed by atoms with E-state index >= 15 is 0 Å². The summed E-state index contributed by atoms with van der Waals surface area (Å²) in [6, 6.07) is 5.01. The molecule has 1 heterocycles. The standard InChI is InChI=1S/C9H8N2O2S/c10-9(13)5-1-2-7-6(3-5)11-4-8(12)14-7/h1-3,11H,4H2,(H2,10,13). The summed E-state index contributed by atoms with van der Waals surface area (Å²) in [4.78, 5) is 22.8. The molecule has 0 saturated heterocycles. The molecule has 0 fully saturated rings. The van der Waals surface area contributed by atoms with Crippen LogP contribution in [0, 0.1) is 0 Å². The van der Waals surface area contributed by atoms with E-state index in [2.05, 4.69) is 5.32 Å². The summed E-state index contributed by atoms with van der Waals surface area (Å²) >= 11 is 1.18. The van der Waals surface area contributed by atoms with Crippen molar-refractivity contribution in [1.82, 2.24) is 0 Å². The van der Waals surface area contributed by atoms with Crippen molar-refractivity contribution in [3.63, 3.8) is 0 Å². The molecule has 14 heavy (non-hydrogen) atoms. The van der Waals surface area contributed by atoms with E-state index in [1.54, 1.807) is 18.2 Å². The first-order valence-electron chi connectivity index (χ1n) is 4.05. The van der Waals surface area contributed by atoms with Gasteiger partial charge in [-0.2, -0.15) is 0 Å². The molecular formula is C9H8N2O2S. The first-order chi connectivity index (χ1) is 6.66. The van der Waals surface area contributed by atoms with Gasteiger partial charge in [-0.3, -0.25) is 9.59 Å². The van der Waals surface area contributed by atoms with Crippen molar-refractivity contribution >= 4 is 28.5 Å². The Kier molecular flexibility index (Phi) is 2.17. The van der Waals surface area contributed by atoms with Gasteiger partial charge in [0, 0.05) is 16.1 Å². The predicted octanol–water partition coefficient (Wildman–Crippen LogP) is 0.830. The van der Waals surface area contributed by atoms with E-state index in [-0.39, 0.29) is 5.12 Å². The minimum Gasteiger partial charge on any atom is -0.376 e. The molecule has 1 amide bonds. The number of amides is 1. The zero-order chi connectivity index (χ0) is 10.1. The van der Waals surface area contributed by atoms with Gasteiger partial charge in [0.05, 0.1) is 6.54 Å². The zero-order valence-corrected chi connectivity index (χ0v) is 8.06. The predicted molar refractivity (Wildman–Crippen MR) is 54.3 cm³/mol. The molecule has 4 nitrogen and oxygen atoms in total. The van der Waals surface area contributed by atoms with Crippen LogP contribution in [0.25, 0.3) is 0 Å². The molecular weight excluding hydrogens is 200 g/mol. The van der Waals surface area contributed by atoms with E-state index < -0.39 is 5.91 Å². The molecule has 0 aromatic heterocycles. The molecule has 0 saturated carbocycles. The Morgan fingerprint density at radius 3 is 3.00 bits per heavy atom. The van der Waals surface area contributed by atoms with Gasteiger partial charge in [0.25, 0.3) is 0 Å². The molecule has 0 unspecified atom stereocenters. The Hall–Kier alpha value is -1.49. The van der Waals surface area contributed by atoms with Crippen molar-refractivity contribution < 1.29 is 9.59 Å². The molecule has 2 rings (SSSR count). The number of nitrogens with two attached hydrogens (primary N) is 1. The van der Waals surface area contributed by atoms with Crippen molar-refractivity contribution in [3.05, 3.63) is 23.8 Å². The van der Waals surface area contributed by atoms with Crippen LogP contribution >= 0.6 is 11.8 Å². The van der Waals surface area contributed by atoms with E-state index in [0.29, 0.717) is 12.1 Å². The number of rotatable bonds is 1. The number of anilines is 1. The Bertz CT molecular complexity index is 417. The summed E-state index contributed by atoms with van der Waals surface area (Å²) in [6.07, 6.45) is 0. The highest BCUT2D eigenvalue weighted by atomic mass is 32.2. The summed E-state index contributed by atoms with van der Waals surface area (Å²) in [6.45, 7) is 0.292. The first kappa shape index (κ1) is 9.08. The van der Waals surface area contributed by atoms with Gasteiger partial charge < -0.3 is 11.1 Å². The molecule has 5 heteroatoms. The maximum Gasteiger partial charge on any atom is 0.248 e. The lowest BCUT2D eigenvalue weighted by Gasteiger charge is -2.16. The van der Waals surface area contributed by atoms with Crippen LogP contribution in [0.1, 0.15) is 10.4 Å². The van der Waals surface area contributed by atoms with Crippen LogP contribution in [0.3, 0.4) is 0 Å². The normalized spacial score (nSPS) is 14.4. The molecule has 0 atom stereocenters. The fourth-order valence-corrected chi connectivity index (χ4v) is 2.00. The number of carbonyl (C=O) groups is 2. The topological polar surface area (TPSA) is 72.2 Å². The SMILES string of the molecule is NC(=O)c1ccc2c(c1)NCC(=O)S2. The number of hydrogen-bond acceptors (Lipinski definition) is 4. The zero-order valence-electron chi connectivity index (χ0n) is 7.24. The van der Waals surface area contributed by atoms with Crippen LogP contribution in [0.2, 0.25) is 0 Å². The molecule has 1 aromatic rings. The van der Waals surface area contributed by atoms with Gasteiger partial charge in [0.1, 0.15) is 0 Å². The molecule has 0 bridgehead atoms. The van der Waals surface area contributed by atoms with Gasteiger partial charge in [-0.05, 0) is 30.0 Å². The van der Waals surface area contributed by atoms with Crippen molar-refractivity contribution in [2.75, 3.05) is 11.9 Å². The summed E-state index contributed by atoms with van der Waals surface area (Å²) < 4.78 is 0. The Morgan fingerprint density at radius 2 is 2.29 bits per heavy atom. The van der Waals surface area contributed by atoms with E-state index in [4.69, 9.17) is 5.73 Å². The molecule has 1 aliphatic heterocycles. The smallest absolute Gasteiger partial charge is 0.248 e. The number of fused-ring (bicyclic) bond motifs is 1. The van der Waals surface area contributed by atoms with E-state index in [9.17, 15) is 9.59 Å². The summed E-state index contributed by atoms with van der Waals surface area (Å²) in [5.41, 5.74) is 6.38. The number of nitrogens with one attached hydrogen (secondary N) is 1. The maximum absolute atomic E-state index is 11.1. The number of thioether (sulfide) groups is 1. The second-order valence-corrected chi connectivity index (χ2v) is 4.00. The molecule has 1 aliphatic rings. The second-order valence-electron chi connectivity index (χ2n) is 2.90. The second kappa shape index (κ2) is 3.34. The number of hydrogen-bond donors (Lipinski definition) is 2. The third-order valence-corrected chi connectivity index (χ3v) is 2.86. The molecule has 0 aliphatic carbocycles. The highest BCUT2D eigenvalue weighted by Gasteiger charge is 2.16. The number of benzene rings is 1. The largest absolute Gasteiger partial charge is 0.376 e. The lowest BCUT2D eigenvalue weighted by Crippen LogP contribution is -2.17. The van der Waals surface area contributed by atoms with Gasteiger partial charge in [0.15, 0.2) is 0 Å². The summed E-state index contributed by atoms with van der Waals surface area (Å²) in [5, 5.41) is 3.00. The Labute approximate surface area is 84.9 Å². The maximum atomic E-state index is 11.1. The lowest BCUT2D eigenvalue weighted by atomic mass is 10.2. The highest BCUT2D eigenvalue weighted by Crippen LogP contribution is 2.32. The van der Waals surface area contributed by atoms with Gasteiger partial charge in [0.2, 0.25) is 11.0 Å². The van der Waals surface area contributed by atoms with Crippen LogP contribution in [0.5, 0.6) is 0 Å². The minimum absolute atomic E-state index is 0.0734. The lowest BCUT2D eigenvalue weighted by molar-refractivity contribution is -0.109. The first-order valence-corrected chi connectivity index (χ1v) is 4.87. The van der Waals surface area contributed by atoms with Crippen molar-refractivity contribution in [3.8, 4) is 0 Å². The minimum atomic E-state index is -0.462. The molecule has 3 N–H and O–H groups in total. The van der Waals surface area contributed by atoms with Gasteiger partial charge in [-0.15, -0.1) is 0 Å². The molecule has 72 valence electrons. The van der Waals surface area contributed by atoms with Crippen molar-refractivity contribution in [2.24, 2.45) is 5.73 Å². The quantitative estimate of drug-likeness (QED) is 0.717. The number of carbonyl (C=O) groups excluding carboxylic acids is 2. The molecule has 0 spiro atoms. The van der Waals surface area contributed by atoms with Gasteiger partial charge in [-0.1, -0.05) is 0 Å². The van der Waals surface area contributed by atoms with E-state index in [0.717, 1.165) is 10.6 Å². The van der Waals surface area contributed by atoms with Crippen LogP contribution in [-0.2, 0) is 4.79 Å². The van der Waals surface area contributed by atoms with Crippen LogP contribution in [0.15, 0.2) is 23.1 Å². The average molecular weight is 208 g/mol. The van der Waals surface area contributed by atoms with Crippen LogP contribution < -0.4 is 11.1 Å². The van der Waals surface area contributed by atoms with Crippen molar-refractivity contribution in [1.29, 1.82) is 0 Å².